The van der Waals surface area contributed by atoms with Crippen molar-refractivity contribution in [3.05, 3.63) is 77.6 Å². The summed E-state index contributed by atoms with van der Waals surface area (Å²) < 4.78 is 5.11. The second-order valence-electron chi connectivity index (χ2n) is 7.53. The Morgan fingerprint density at radius 3 is 3.00 bits per heavy atom. The summed E-state index contributed by atoms with van der Waals surface area (Å²) in [5, 5.41) is 2.53. The summed E-state index contributed by atoms with van der Waals surface area (Å²) >= 11 is 0. The number of carbonyl (C=O) groups is 1. The molecule has 1 aromatic heterocycles. The van der Waals surface area contributed by atoms with Crippen molar-refractivity contribution in [2.45, 2.75) is 26.3 Å². The van der Waals surface area contributed by atoms with E-state index in [0.717, 1.165) is 26.1 Å². The average Bonchev–Trinajstić information content (AvgIpc) is 3.15. The van der Waals surface area contributed by atoms with Gasteiger partial charge in [-0.25, -0.2) is 4.79 Å². The van der Waals surface area contributed by atoms with Gasteiger partial charge < -0.3 is 4.74 Å². The van der Waals surface area contributed by atoms with E-state index in [0.29, 0.717) is 18.1 Å². The van der Waals surface area contributed by atoms with Gasteiger partial charge >= 0.3 is 5.97 Å². The van der Waals surface area contributed by atoms with Gasteiger partial charge in [0.15, 0.2) is 0 Å². The van der Waals surface area contributed by atoms with Gasteiger partial charge in [-0.05, 0) is 66.9 Å². The quantitative estimate of drug-likeness (QED) is 0.597. The Balaban J connectivity index is 1.39. The maximum Gasteiger partial charge on any atom is 0.338 e. The van der Waals surface area contributed by atoms with E-state index in [1.807, 2.05) is 37.5 Å². The zero-order valence-corrected chi connectivity index (χ0v) is 16.3. The van der Waals surface area contributed by atoms with Crippen LogP contribution in [-0.2, 0) is 17.7 Å². The first-order valence-corrected chi connectivity index (χ1v) is 10.0. The number of aromatic nitrogens is 1. The van der Waals surface area contributed by atoms with E-state index >= 15 is 0 Å². The highest BCUT2D eigenvalue weighted by Crippen LogP contribution is 2.26. The monoisotopic (exact) mass is 374 g/mol. The van der Waals surface area contributed by atoms with Crippen molar-refractivity contribution in [2.24, 2.45) is 5.92 Å². The number of hydrogen-bond donors (Lipinski definition) is 0. The van der Waals surface area contributed by atoms with Gasteiger partial charge in [-0.15, -0.1) is 0 Å². The fraction of sp³-hybridized carbons (Fsp3) is 0.333. The van der Waals surface area contributed by atoms with Crippen molar-refractivity contribution < 1.29 is 9.53 Å². The number of fused-ring (bicyclic) bond motifs is 1. The maximum atomic E-state index is 12.0. The molecular weight excluding hydrogens is 348 g/mol. The molecular formula is C24H26N2O2. The fourth-order valence-corrected chi connectivity index (χ4v) is 4.17. The third-order valence-corrected chi connectivity index (χ3v) is 5.49. The van der Waals surface area contributed by atoms with Crippen LogP contribution in [0.25, 0.3) is 10.8 Å². The standard InChI is InChI=1S/C24H26N2O2/c1-2-28-24(27)21-7-3-5-18(14-21)16-26-12-10-19(17-26)13-20-6-4-8-22-15-25-11-9-23(20)22/h3-9,11,14-15,19H,2,10,12-13,16-17H2,1H3. The summed E-state index contributed by atoms with van der Waals surface area (Å²) in [5.41, 5.74) is 3.22. The van der Waals surface area contributed by atoms with Crippen molar-refractivity contribution in [3.63, 3.8) is 0 Å². The van der Waals surface area contributed by atoms with Crippen LogP contribution in [0.3, 0.4) is 0 Å². The number of nitrogens with zero attached hydrogens (tertiary/aromatic N) is 2. The molecule has 0 saturated carbocycles. The highest BCUT2D eigenvalue weighted by Gasteiger charge is 2.23. The van der Waals surface area contributed by atoms with Crippen molar-refractivity contribution in [1.82, 2.24) is 9.88 Å². The highest BCUT2D eigenvalue weighted by atomic mass is 16.5. The van der Waals surface area contributed by atoms with Crippen LogP contribution in [0.1, 0.15) is 34.8 Å². The van der Waals surface area contributed by atoms with Crippen molar-refractivity contribution in [2.75, 3.05) is 19.7 Å². The zero-order chi connectivity index (χ0) is 19.3. The number of pyridine rings is 1. The number of ether oxygens (including phenoxy) is 1. The van der Waals surface area contributed by atoms with Crippen LogP contribution in [0, 0.1) is 5.92 Å². The molecule has 0 bridgehead atoms. The Labute approximate surface area is 166 Å². The topological polar surface area (TPSA) is 42.4 Å². The normalized spacial score (nSPS) is 17.1. The molecule has 1 unspecified atom stereocenters. The van der Waals surface area contributed by atoms with Gasteiger partial charge in [0.25, 0.3) is 0 Å². The first-order valence-electron chi connectivity index (χ1n) is 10.0. The molecule has 0 N–H and O–H groups in total. The van der Waals surface area contributed by atoms with Gasteiger partial charge in [0, 0.05) is 30.9 Å². The molecule has 0 aliphatic carbocycles. The molecule has 1 atom stereocenters. The van der Waals surface area contributed by atoms with E-state index in [-0.39, 0.29) is 5.97 Å². The van der Waals surface area contributed by atoms with E-state index < -0.39 is 0 Å². The van der Waals surface area contributed by atoms with Gasteiger partial charge in [0.1, 0.15) is 0 Å². The summed E-state index contributed by atoms with van der Waals surface area (Å²) in [6, 6.07) is 16.4. The van der Waals surface area contributed by atoms with Crippen LogP contribution >= 0.6 is 0 Å². The third kappa shape index (κ3) is 4.23. The number of benzene rings is 2. The number of rotatable bonds is 6. The van der Waals surface area contributed by atoms with Crippen LogP contribution in [0.2, 0.25) is 0 Å². The minimum absolute atomic E-state index is 0.242. The molecule has 4 nitrogen and oxygen atoms in total. The molecule has 2 aromatic carbocycles. The molecule has 0 amide bonds. The Hall–Kier alpha value is -2.72. The average molecular weight is 374 g/mol. The molecule has 1 aliphatic rings. The van der Waals surface area contributed by atoms with Crippen LogP contribution in [0.15, 0.2) is 60.9 Å². The zero-order valence-electron chi connectivity index (χ0n) is 16.3. The molecule has 4 rings (SSSR count). The number of esters is 1. The van der Waals surface area contributed by atoms with Crippen molar-refractivity contribution >= 4 is 16.7 Å². The lowest BCUT2D eigenvalue weighted by molar-refractivity contribution is 0.0526. The van der Waals surface area contributed by atoms with Gasteiger partial charge in [-0.3, -0.25) is 9.88 Å². The lowest BCUT2D eigenvalue weighted by Gasteiger charge is -2.17. The Morgan fingerprint density at radius 1 is 1.21 bits per heavy atom. The summed E-state index contributed by atoms with van der Waals surface area (Å²) in [7, 11) is 0. The van der Waals surface area contributed by atoms with Gasteiger partial charge in [-0.2, -0.15) is 0 Å². The van der Waals surface area contributed by atoms with E-state index in [4.69, 9.17) is 4.74 Å². The second-order valence-corrected chi connectivity index (χ2v) is 7.53. The van der Waals surface area contributed by atoms with Crippen LogP contribution < -0.4 is 0 Å². The van der Waals surface area contributed by atoms with Crippen LogP contribution in [-0.4, -0.2) is 35.5 Å². The molecule has 1 aliphatic heterocycles. The molecule has 1 fully saturated rings. The second kappa shape index (κ2) is 8.53. The smallest absolute Gasteiger partial charge is 0.338 e. The molecule has 0 radical (unpaired) electrons. The van der Waals surface area contributed by atoms with Crippen molar-refractivity contribution in [1.29, 1.82) is 0 Å². The lowest BCUT2D eigenvalue weighted by atomic mass is 9.95. The molecule has 1 saturated heterocycles. The molecule has 2 heterocycles. The molecule has 0 spiro atoms. The predicted octanol–water partition coefficient (Wildman–Crippen LogP) is 4.48. The Morgan fingerprint density at radius 2 is 2.11 bits per heavy atom. The van der Waals surface area contributed by atoms with E-state index in [1.165, 1.54) is 28.3 Å². The minimum atomic E-state index is -0.242. The third-order valence-electron chi connectivity index (χ3n) is 5.49. The number of likely N-dealkylation sites (tertiary alicyclic amines) is 1. The first kappa shape index (κ1) is 18.6. The van der Waals surface area contributed by atoms with Gasteiger partial charge in [0.05, 0.1) is 12.2 Å². The van der Waals surface area contributed by atoms with E-state index in [1.54, 1.807) is 0 Å². The predicted molar refractivity (Wildman–Crippen MR) is 111 cm³/mol. The lowest BCUT2D eigenvalue weighted by Crippen LogP contribution is -2.21. The van der Waals surface area contributed by atoms with Crippen LogP contribution in [0.5, 0.6) is 0 Å². The Bertz CT molecular complexity index is 964. The summed E-state index contributed by atoms with van der Waals surface area (Å²) in [6.45, 7) is 5.30. The maximum absolute atomic E-state index is 12.0. The molecule has 144 valence electrons. The van der Waals surface area contributed by atoms with Gasteiger partial charge in [0.2, 0.25) is 0 Å². The largest absolute Gasteiger partial charge is 0.462 e. The van der Waals surface area contributed by atoms with Gasteiger partial charge in [-0.1, -0.05) is 30.3 Å². The summed E-state index contributed by atoms with van der Waals surface area (Å²) in [6.07, 6.45) is 6.12. The highest BCUT2D eigenvalue weighted by molar-refractivity contribution is 5.89. The first-order chi connectivity index (χ1) is 13.7. The minimum Gasteiger partial charge on any atom is -0.462 e. The van der Waals surface area contributed by atoms with Crippen molar-refractivity contribution in [3.8, 4) is 0 Å². The molecule has 4 heteroatoms. The fourth-order valence-electron chi connectivity index (χ4n) is 4.17. The van der Waals surface area contributed by atoms with Crippen LogP contribution in [0.4, 0.5) is 0 Å². The SMILES string of the molecule is CCOC(=O)c1cccc(CN2CCC(Cc3cccc4cnccc34)C2)c1. The molecule has 3 aromatic rings. The number of hydrogen-bond acceptors (Lipinski definition) is 4. The van der Waals surface area contributed by atoms with E-state index in [9.17, 15) is 4.79 Å². The number of carbonyl (C=O) groups excluding carboxylic acids is 1. The Kier molecular flexibility index (Phi) is 5.68. The van der Waals surface area contributed by atoms with E-state index in [2.05, 4.69) is 40.2 Å². The molecule has 28 heavy (non-hydrogen) atoms. The summed E-state index contributed by atoms with van der Waals surface area (Å²) in [4.78, 5) is 18.7. The summed E-state index contributed by atoms with van der Waals surface area (Å²) in [5.74, 6) is 0.418.